The summed E-state index contributed by atoms with van der Waals surface area (Å²) in [6.45, 7) is 2.95. The van der Waals surface area contributed by atoms with Crippen LogP contribution in [0.2, 0.25) is 0 Å². The number of aryl methyl sites for hydroxylation is 1. The maximum atomic E-state index is 12.0. The molecule has 84 valence electrons. The summed E-state index contributed by atoms with van der Waals surface area (Å²) in [4.78, 5) is 17.2. The fraction of sp³-hybridized carbons (Fsp3) is 0.455. The van der Waals surface area contributed by atoms with Crippen molar-refractivity contribution in [3.8, 4) is 0 Å². The Labute approximate surface area is 96.9 Å². The molecule has 16 heavy (non-hydrogen) atoms. The van der Waals surface area contributed by atoms with Gasteiger partial charge in [-0.1, -0.05) is 0 Å². The van der Waals surface area contributed by atoms with E-state index in [0.717, 1.165) is 42.2 Å². The second kappa shape index (κ2) is 3.99. The van der Waals surface area contributed by atoms with Crippen LogP contribution in [0.4, 0.5) is 0 Å². The van der Waals surface area contributed by atoms with E-state index >= 15 is 0 Å². The maximum absolute atomic E-state index is 12.0. The summed E-state index contributed by atoms with van der Waals surface area (Å²) in [7, 11) is 0. The molecule has 0 radical (unpaired) electrons. The van der Waals surface area contributed by atoms with Crippen LogP contribution in [0.1, 0.15) is 6.42 Å². The van der Waals surface area contributed by atoms with Crippen molar-refractivity contribution in [1.29, 1.82) is 0 Å². The Morgan fingerprint density at radius 2 is 2.44 bits per heavy atom. The summed E-state index contributed by atoms with van der Waals surface area (Å²) in [5.74, 6) is 0.727. The number of thiophene rings is 1. The molecular formula is C11H13N3OS. The van der Waals surface area contributed by atoms with Gasteiger partial charge >= 0.3 is 0 Å². The molecule has 0 amide bonds. The zero-order chi connectivity index (χ0) is 11.0. The minimum absolute atomic E-state index is 0.0959. The molecule has 0 aromatic carbocycles. The fourth-order valence-corrected chi connectivity index (χ4v) is 2.65. The van der Waals surface area contributed by atoms with Crippen molar-refractivity contribution >= 4 is 21.6 Å². The molecule has 0 bridgehead atoms. The van der Waals surface area contributed by atoms with Gasteiger partial charge in [0.05, 0.1) is 11.7 Å². The number of fused-ring (bicyclic) bond motifs is 1. The Kier molecular flexibility index (Phi) is 2.49. The molecule has 1 N–H and O–H groups in total. The molecule has 1 saturated heterocycles. The fourth-order valence-electron chi connectivity index (χ4n) is 1.93. The molecule has 0 saturated carbocycles. The molecule has 3 rings (SSSR count). The molecule has 2 aromatic rings. The van der Waals surface area contributed by atoms with E-state index in [9.17, 15) is 4.79 Å². The second-order valence-corrected chi connectivity index (χ2v) is 5.09. The summed E-state index contributed by atoms with van der Waals surface area (Å²) in [6, 6.07) is 1.86. The molecule has 5 heteroatoms. The Morgan fingerprint density at radius 1 is 1.56 bits per heavy atom. The van der Waals surface area contributed by atoms with Crippen molar-refractivity contribution in [2.45, 2.75) is 13.0 Å². The number of hydrogen-bond donors (Lipinski definition) is 1. The van der Waals surface area contributed by atoms with Gasteiger partial charge in [0, 0.05) is 6.54 Å². The SMILES string of the molecule is O=c1c2ccsc2ncn1CCC1CNC1. The van der Waals surface area contributed by atoms with E-state index in [1.54, 1.807) is 10.9 Å². The first-order chi connectivity index (χ1) is 7.84. The zero-order valence-electron chi connectivity index (χ0n) is 8.85. The molecule has 0 atom stereocenters. The van der Waals surface area contributed by atoms with Crippen LogP contribution in [0, 0.1) is 5.92 Å². The largest absolute Gasteiger partial charge is 0.316 e. The Morgan fingerprint density at radius 3 is 3.19 bits per heavy atom. The van der Waals surface area contributed by atoms with Crippen LogP contribution < -0.4 is 10.9 Å². The van der Waals surface area contributed by atoms with Gasteiger partial charge < -0.3 is 5.32 Å². The summed E-state index contributed by atoms with van der Waals surface area (Å²) in [6.07, 6.45) is 2.73. The first kappa shape index (κ1) is 9.99. The molecular weight excluding hydrogens is 222 g/mol. The molecule has 1 aliphatic heterocycles. The molecule has 2 aromatic heterocycles. The van der Waals surface area contributed by atoms with E-state index in [4.69, 9.17) is 0 Å². The highest BCUT2D eigenvalue weighted by Crippen LogP contribution is 2.14. The van der Waals surface area contributed by atoms with Gasteiger partial charge in [-0.25, -0.2) is 4.98 Å². The van der Waals surface area contributed by atoms with Crippen LogP contribution in [0.25, 0.3) is 10.2 Å². The van der Waals surface area contributed by atoms with E-state index in [1.165, 1.54) is 11.3 Å². The van der Waals surface area contributed by atoms with Crippen molar-refractivity contribution in [3.63, 3.8) is 0 Å². The van der Waals surface area contributed by atoms with E-state index in [2.05, 4.69) is 10.3 Å². The van der Waals surface area contributed by atoms with Crippen LogP contribution in [0.5, 0.6) is 0 Å². The van der Waals surface area contributed by atoms with Crippen molar-refractivity contribution < 1.29 is 0 Å². The molecule has 4 nitrogen and oxygen atoms in total. The average Bonchev–Trinajstić information content (AvgIpc) is 2.67. The summed E-state index contributed by atoms with van der Waals surface area (Å²) >= 11 is 1.52. The van der Waals surface area contributed by atoms with E-state index in [0.29, 0.717) is 0 Å². The van der Waals surface area contributed by atoms with Gasteiger partial charge in [-0.15, -0.1) is 11.3 Å². The molecule has 1 aliphatic rings. The Hall–Kier alpha value is -1.20. The van der Waals surface area contributed by atoms with Gasteiger partial charge in [-0.3, -0.25) is 9.36 Å². The van der Waals surface area contributed by atoms with Gasteiger partial charge in [0.2, 0.25) is 0 Å². The number of hydrogen-bond acceptors (Lipinski definition) is 4. The van der Waals surface area contributed by atoms with Crippen molar-refractivity contribution in [1.82, 2.24) is 14.9 Å². The lowest BCUT2D eigenvalue weighted by atomic mass is 10.00. The van der Waals surface area contributed by atoms with E-state index in [-0.39, 0.29) is 5.56 Å². The highest BCUT2D eigenvalue weighted by molar-refractivity contribution is 7.16. The first-order valence-electron chi connectivity index (χ1n) is 5.48. The third kappa shape index (κ3) is 1.66. The second-order valence-electron chi connectivity index (χ2n) is 4.20. The standard InChI is InChI=1S/C11H13N3OS/c15-11-9-2-4-16-10(9)13-7-14(11)3-1-8-5-12-6-8/h2,4,7-8,12H,1,3,5-6H2. The quantitative estimate of drug-likeness (QED) is 0.865. The van der Waals surface area contributed by atoms with Crippen LogP contribution >= 0.6 is 11.3 Å². The van der Waals surface area contributed by atoms with Gasteiger partial charge in [0.15, 0.2) is 0 Å². The van der Waals surface area contributed by atoms with Gasteiger partial charge in [-0.2, -0.15) is 0 Å². The summed E-state index contributed by atoms with van der Waals surface area (Å²) < 4.78 is 1.73. The predicted molar refractivity (Wildman–Crippen MR) is 64.9 cm³/mol. The highest BCUT2D eigenvalue weighted by atomic mass is 32.1. The zero-order valence-corrected chi connectivity index (χ0v) is 9.67. The normalized spacial score (nSPS) is 16.5. The third-order valence-electron chi connectivity index (χ3n) is 3.09. The molecule has 0 spiro atoms. The van der Waals surface area contributed by atoms with Crippen LogP contribution in [0.15, 0.2) is 22.6 Å². The van der Waals surface area contributed by atoms with E-state index in [1.807, 2.05) is 11.4 Å². The molecule has 3 heterocycles. The number of rotatable bonds is 3. The van der Waals surface area contributed by atoms with Crippen molar-refractivity contribution in [3.05, 3.63) is 28.1 Å². The van der Waals surface area contributed by atoms with Crippen LogP contribution in [-0.4, -0.2) is 22.6 Å². The summed E-state index contributed by atoms with van der Waals surface area (Å²) in [5, 5.41) is 5.90. The third-order valence-corrected chi connectivity index (χ3v) is 3.92. The first-order valence-corrected chi connectivity index (χ1v) is 6.36. The van der Waals surface area contributed by atoms with Crippen LogP contribution in [0.3, 0.4) is 0 Å². The topological polar surface area (TPSA) is 46.9 Å². The minimum Gasteiger partial charge on any atom is -0.316 e. The van der Waals surface area contributed by atoms with Gasteiger partial charge in [0.25, 0.3) is 5.56 Å². The lowest BCUT2D eigenvalue weighted by Gasteiger charge is -2.27. The average molecular weight is 235 g/mol. The lowest BCUT2D eigenvalue weighted by Crippen LogP contribution is -2.42. The highest BCUT2D eigenvalue weighted by Gasteiger charge is 2.16. The lowest BCUT2D eigenvalue weighted by molar-refractivity contribution is 0.310. The molecule has 0 unspecified atom stereocenters. The van der Waals surface area contributed by atoms with Crippen molar-refractivity contribution in [2.24, 2.45) is 5.92 Å². The van der Waals surface area contributed by atoms with Crippen molar-refractivity contribution in [2.75, 3.05) is 13.1 Å². The predicted octanol–water partition coefficient (Wildman–Crippen LogP) is 1.07. The maximum Gasteiger partial charge on any atom is 0.262 e. The summed E-state index contributed by atoms with van der Waals surface area (Å²) in [5.41, 5.74) is 0.0959. The number of aromatic nitrogens is 2. The van der Waals surface area contributed by atoms with Gasteiger partial charge in [0.1, 0.15) is 4.83 Å². The monoisotopic (exact) mass is 235 g/mol. The minimum atomic E-state index is 0.0959. The smallest absolute Gasteiger partial charge is 0.262 e. The van der Waals surface area contributed by atoms with Crippen LogP contribution in [-0.2, 0) is 6.54 Å². The molecule has 0 aliphatic carbocycles. The Bertz CT molecular complexity index is 556. The number of nitrogens with zero attached hydrogens (tertiary/aromatic N) is 2. The number of nitrogens with one attached hydrogen (secondary N) is 1. The van der Waals surface area contributed by atoms with Gasteiger partial charge in [-0.05, 0) is 36.9 Å². The van der Waals surface area contributed by atoms with E-state index < -0.39 is 0 Å². The molecule has 1 fully saturated rings. The Balaban J connectivity index is 1.85.